The monoisotopic (exact) mass is 310 g/mol. The van der Waals surface area contributed by atoms with Gasteiger partial charge in [0.05, 0.1) is 0 Å². The van der Waals surface area contributed by atoms with E-state index in [4.69, 9.17) is 0 Å². The van der Waals surface area contributed by atoms with Crippen molar-refractivity contribution < 1.29 is 19.5 Å². The average Bonchev–Trinajstić information content (AvgIpc) is 2.89. The Morgan fingerprint density at radius 1 is 0.842 bits per heavy atom. The molecule has 19 heavy (non-hydrogen) atoms. The predicted molar refractivity (Wildman–Crippen MR) is 82.0 cm³/mol. The molecule has 0 radical (unpaired) electrons. The molecule has 2 atom stereocenters. The summed E-state index contributed by atoms with van der Waals surface area (Å²) in [7, 11) is 0. The van der Waals surface area contributed by atoms with E-state index in [2.05, 4.69) is 67.5 Å². The molecule has 2 fully saturated rings. The Balaban J connectivity index is 0.000000324. The number of rotatable bonds is 4. The average molecular weight is 312 g/mol. The van der Waals surface area contributed by atoms with Gasteiger partial charge >= 0.3 is 19.5 Å². The molecule has 0 saturated heterocycles. The second kappa shape index (κ2) is 6.71. The minimum absolute atomic E-state index is 0. The zero-order valence-corrected chi connectivity index (χ0v) is 16.8. The Morgan fingerprint density at radius 2 is 1.05 bits per heavy atom. The van der Waals surface area contributed by atoms with Crippen molar-refractivity contribution in [3.63, 3.8) is 0 Å². The van der Waals surface area contributed by atoms with Crippen molar-refractivity contribution in [2.75, 3.05) is 0 Å². The van der Waals surface area contributed by atoms with Gasteiger partial charge in [-0.25, -0.2) is 0 Å². The summed E-state index contributed by atoms with van der Waals surface area (Å²) in [6.45, 7) is 21.1. The third-order valence-corrected chi connectivity index (χ3v) is 4.09. The molecule has 0 aromatic rings. The fourth-order valence-electron chi connectivity index (χ4n) is 2.34. The van der Waals surface area contributed by atoms with Gasteiger partial charge in [-0.15, -0.1) is 13.2 Å². The zero-order chi connectivity index (χ0) is 14.1. The second-order valence-corrected chi connectivity index (χ2v) is 7.51. The standard InChI is InChI=1S/2C9H15.Zn/c2*1-7(2)5-8-6-9(8,3)4;/h2*6,8H,1,5H2,2-4H3;/q2*-1;+2/t2*8-;/m10./s1. The molecule has 2 saturated carbocycles. The van der Waals surface area contributed by atoms with Crippen LogP contribution in [0.4, 0.5) is 0 Å². The molecule has 0 aliphatic heterocycles. The molecule has 2 aliphatic rings. The van der Waals surface area contributed by atoms with E-state index < -0.39 is 0 Å². The van der Waals surface area contributed by atoms with Crippen molar-refractivity contribution in [2.45, 2.75) is 54.4 Å². The maximum atomic E-state index is 3.88. The molecule has 0 aromatic carbocycles. The number of allylic oxidation sites excluding steroid dienone is 2. The third-order valence-electron chi connectivity index (χ3n) is 4.09. The van der Waals surface area contributed by atoms with Crippen LogP contribution in [-0.4, -0.2) is 0 Å². The van der Waals surface area contributed by atoms with Crippen LogP contribution in [0.1, 0.15) is 54.4 Å². The minimum atomic E-state index is 0. The largest absolute Gasteiger partial charge is 2.00 e. The maximum absolute atomic E-state index is 3.88. The quantitative estimate of drug-likeness (QED) is 0.359. The molecule has 0 nitrogen and oxygen atoms in total. The SMILES string of the molecule is C=C(C)C[C@@H]1[CH-]C1(C)C.C=C(C)C[C@H]1[CH-]C1(C)C.[Zn+2]. The van der Waals surface area contributed by atoms with Crippen molar-refractivity contribution in [1.29, 1.82) is 0 Å². The molecule has 0 N–H and O–H groups in total. The number of hydrogen-bond acceptors (Lipinski definition) is 0. The summed E-state index contributed by atoms with van der Waals surface area (Å²) >= 11 is 0. The molecule has 104 valence electrons. The topological polar surface area (TPSA) is 0 Å². The fraction of sp³-hybridized carbons (Fsp3) is 0.667. The van der Waals surface area contributed by atoms with E-state index in [1.807, 2.05) is 0 Å². The molecular formula is C18H30Zn. The van der Waals surface area contributed by atoms with Crippen LogP contribution in [0.3, 0.4) is 0 Å². The van der Waals surface area contributed by atoms with E-state index in [-0.39, 0.29) is 19.5 Å². The summed E-state index contributed by atoms with van der Waals surface area (Å²) in [4.78, 5) is 0. The Hall–Kier alpha value is 0.103. The van der Waals surface area contributed by atoms with Gasteiger partial charge in [0.2, 0.25) is 0 Å². The van der Waals surface area contributed by atoms with E-state index in [1.54, 1.807) is 0 Å². The summed E-state index contributed by atoms with van der Waals surface area (Å²) in [5, 5.41) is 0. The van der Waals surface area contributed by atoms with Crippen molar-refractivity contribution in [3.05, 3.63) is 37.1 Å². The van der Waals surface area contributed by atoms with Crippen LogP contribution in [0.25, 0.3) is 0 Å². The molecule has 2 rings (SSSR count). The van der Waals surface area contributed by atoms with Crippen LogP contribution in [-0.2, 0) is 19.5 Å². The van der Waals surface area contributed by atoms with Gasteiger partial charge in [0.1, 0.15) is 0 Å². The molecule has 2 aliphatic carbocycles. The summed E-state index contributed by atoms with van der Waals surface area (Å²) < 4.78 is 0. The Labute approximate surface area is 133 Å². The Kier molecular flexibility index (Phi) is 6.74. The first-order chi connectivity index (χ1) is 8.04. The van der Waals surface area contributed by atoms with Gasteiger partial charge in [-0.2, -0.15) is 22.7 Å². The first-order valence-corrected chi connectivity index (χ1v) is 7.05. The molecule has 0 bridgehead atoms. The van der Waals surface area contributed by atoms with Gasteiger partial charge in [-0.3, -0.25) is 0 Å². The van der Waals surface area contributed by atoms with Crippen molar-refractivity contribution >= 4 is 0 Å². The molecule has 1 heteroatoms. The van der Waals surface area contributed by atoms with Gasteiger partial charge in [0.15, 0.2) is 0 Å². The van der Waals surface area contributed by atoms with Crippen LogP contribution in [0.5, 0.6) is 0 Å². The second-order valence-electron chi connectivity index (χ2n) is 7.51. The van der Waals surface area contributed by atoms with Crippen LogP contribution < -0.4 is 0 Å². The Bertz CT molecular complexity index is 302. The van der Waals surface area contributed by atoms with Gasteiger partial charge in [-0.1, -0.05) is 51.7 Å². The smallest absolute Gasteiger partial charge is 0.324 e. The molecule has 0 spiro atoms. The van der Waals surface area contributed by atoms with E-state index in [9.17, 15) is 0 Å². The molecule has 0 amide bonds. The van der Waals surface area contributed by atoms with E-state index in [1.165, 1.54) is 24.0 Å². The van der Waals surface area contributed by atoms with Crippen molar-refractivity contribution in [3.8, 4) is 0 Å². The summed E-state index contributed by atoms with van der Waals surface area (Å²) in [6.07, 6.45) is 7.16. The zero-order valence-electron chi connectivity index (χ0n) is 13.8. The van der Waals surface area contributed by atoms with Crippen LogP contribution >= 0.6 is 0 Å². The van der Waals surface area contributed by atoms with Gasteiger partial charge < -0.3 is 12.8 Å². The number of hydrogen-bond donors (Lipinski definition) is 0. The molecular weight excluding hydrogens is 282 g/mol. The van der Waals surface area contributed by atoms with E-state index in [0.29, 0.717) is 10.8 Å². The van der Waals surface area contributed by atoms with Crippen LogP contribution in [0.2, 0.25) is 0 Å². The normalized spacial score (nSPS) is 28.3. The van der Waals surface area contributed by atoms with Crippen molar-refractivity contribution in [1.82, 2.24) is 0 Å². The molecule has 0 heterocycles. The third kappa shape index (κ3) is 6.89. The summed E-state index contributed by atoms with van der Waals surface area (Å²) in [6, 6.07) is 0. The minimum Gasteiger partial charge on any atom is -0.324 e. The Morgan fingerprint density at radius 3 is 1.11 bits per heavy atom. The fourth-order valence-corrected chi connectivity index (χ4v) is 2.34. The van der Waals surface area contributed by atoms with E-state index in [0.717, 1.165) is 11.8 Å². The van der Waals surface area contributed by atoms with Crippen molar-refractivity contribution in [2.24, 2.45) is 22.7 Å². The van der Waals surface area contributed by atoms with Gasteiger partial charge in [-0.05, 0) is 13.8 Å². The van der Waals surface area contributed by atoms with Gasteiger partial charge in [0.25, 0.3) is 0 Å². The summed E-state index contributed by atoms with van der Waals surface area (Å²) in [5.74, 6) is 1.63. The first kappa shape index (κ1) is 19.1. The maximum Gasteiger partial charge on any atom is 2.00 e. The molecule has 0 unspecified atom stereocenters. The molecule has 0 aromatic heterocycles. The van der Waals surface area contributed by atoms with E-state index >= 15 is 0 Å². The van der Waals surface area contributed by atoms with Gasteiger partial charge in [0, 0.05) is 0 Å². The summed E-state index contributed by atoms with van der Waals surface area (Å²) in [5.41, 5.74) is 3.64. The van der Waals surface area contributed by atoms with Crippen LogP contribution in [0.15, 0.2) is 24.3 Å². The predicted octanol–water partition coefficient (Wildman–Crippen LogP) is 5.62. The first-order valence-electron chi connectivity index (χ1n) is 7.05. The van der Waals surface area contributed by atoms with Crippen LogP contribution in [0, 0.1) is 35.5 Å².